The Morgan fingerprint density at radius 1 is 1.26 bits per heavy atom. The van der Waals surface area contributed by atoms with Crippen molar-refractivity contribution >= 4 is 11.6 Å². The number of benzene rings is 1. The van der Waals surface area contributed by atoms with Crippen LogP contribution in [-0.4, -0.2) is 16.8 Å². The fraction of sp³-hybridized carbons (Fsp3) is 0.375. The van der Waals surface area contributed by atoms with Gasteiger partial charge in [-0.25, -0.2) is 0 Å². The van der Waals surface area contributed by atoms with E-state index >= 15 is 0 Å². The van der Waals surface area contributed by atoms with Gasteiger partial charge in [0, 0.05) is 5.57 Å². The number of rotatable bonds is 3. The second-order valence-electron chi connectivity index (χ2n) is 5.52. The third kappa shape index (κ3) is 2.85. The molecule has 1 aliphatic carbocycles. The first-order valence-electron chi connectivity index (χ1n) is 6.34. The van der Waals surface area contributed by atoms with Crippen molar-refractivity contribution in [1.29, 1.82) is 0 Å². The fourth-order valence-electron chi connectivity index (χ4n) is 2.24. The smallest absolute Gasteiger partial charge is 0.143 e. The van der Waals surface area contributed by atoms with Crippen molar-refractivity contribution in [2.45, 2.75) is 39.4 Å². The van der Waals surface area contributed by atoms with Crippen LogP contribution in [0.1, 0.15) is 27.7 Å². The standard InChI is InChI=1S/C16H19ClO2/c1-10(2)15-11(16(3,4)18)9-14(15)19-13-8-6-5-7-12(13)17/h5-9,14,18H,1-4H3. The Labute approximate surface area is 119 Å². The first-order chi connectivity index (χ1) is 8.80. The Hall–Kier alpha value is -1.25. The topological polar surface area (TPSA) is 29.5 Å². The average molecular weight is 279 g/mol. The van der Waals surface area contributed by atoms with Gasteiger partial charge in [-0.2, -0.15) is 0 Å². The van der Waals surface area contributed by atoms with Crippen LogP contribution in [-0.2, 0) is 0 Å². The summed E-state index contributed by atoms with van der Waals surface area (Å²) in [6, 6.07) is 7.41. The lowest BCUT2D eigenvalue weighted by Crippen LogP contribution is -2.38. The Morgan fingerprint density at radius 2 is 1.89 bits per heavy atom. The van der Waals surface area contributed by atoms with Gasteiger partial charge in [0.1, 0.15) is 11.9 Å². The Bertz CT molecular complexity index is 546. The van der Waals surface area contributed by atoms with E-state index in [-0.39, 0.29) is 6.10 Å². The molecule has 19 heavy (non-hydrogen) atoms. The summed E-state index contributed by atoms with van der Waals surface area (Å²) < 4.78 is 5.90. The zero-order valence-corrected chi connectivity index (χ0v) is 12.5. The molecule has 1 aromatic carbocycles. The van der Waals surface area contributed by atoms with E-state index in [1.54, 1.807) is 19.9 Å². The van der Waals surface area contributed by atoms with Crippen LogP contribution in [0.3, 0.4) is 0 Å². The minimum atomic E-state index is -0.840. The van der Waals surface area contributed by atoms with Gasteiger partial charge >= 0.3 is 0 Å². The van der Waals surface area contributed by atoms with Crippen molar-refractivity contribution < 1.29 is 9.84 Å². The fourth-order valence-corrected chi connectivity index (χ4v) is 2.42. The summed E-state index contributed by atoms with van der Waals surface area (Å²) in [6.07, 6.45) is 1.82. The van der Waals surface area contributed by atoms with Gasteiger partial charge in [0.25, 0.3) is 0 Å². The SMILES string of the molecule is CC(C)=C1C(C(C)(C)O)=CC1Oc1ccccc1Cl. The van der Waals surface area contributed by atoms with Crippen molar-refractivity contribution in [3.05, 3.63) is 52.1 Å². The van der Waals surface area contributed by atoms with Gasteiger partial charge in [-0.15, -0.1) is 0 Å². The molecule has 102 valence electrons. The van der Waals surface area contributed by atoms with Crippen LogP contribution < -0.4 is 4.74 Å². The highest BCUT2D eigenvalue weighted by molar-refractivity contribution is 6.32. The van der Waals surface area contributed by atoms with Crippen LogP contribution in [0.2, 0.25) is 5.02 Å². The second kappa shape index (κ2) is 5.03. The molecule has 0 heterocycles. The summed E-state index contributed by atoms with van der Waals surface area (Å²) in [4.78, 5) is 0. The molecule has 1 aromatic rings. The molecule has 0 aromatic heterocycles. The van der Waals surface area contributed by atoms with Crippen molar-refractivity contribution in [2.75, 3.05) is 0 Å². The molecule has 2 nitrogen and oxygen atoms in total. The number of allylic oxidation sites excluding steroid dienone is 1. The molecule has 1 N–H and O–H groups in total. The number of aliphatic hydroxyl groups is 1. The Kier molecular flexibility index (Phi) is 3.75. The molecule has 0 aliphatic heterocycles. The van der Waals surface area contributed by atoms with E-state index in [0.29, 0.717) is 10.8 Å². The average Bonchev–Trinajstić information content (AvgIpc) is 2.23. The summed E-state index contributed by atoms with van der Waals surface area (Å²) in [5.74, 6) is 0.666. The van der Waals surface area contributed by atoms with E-state index < -0.39 is 5.60 Å². The van der Waals surface area contributed by atoms with Gasteiger partial charge in [0.05, 0.1) is 10.6 Å². The van der Waals surface area contributed by atoms with E-state index in [1.807, 2.05) is 38.1 Å². The second-order valence-corrected chi connectivity index (χ2v) is 5.93. The van der Waals surface area contributed by atoms with Crippen LogP contribution >= 0.6 is 11.6 Å². The van der Waals surface area contributed by atoms with Crippen molar-refractivity contribution in [2.24, 2.45) is 0 Å². The third-order valence-electron chi connectivity index (χ3n) is 3.18. The van der Waals surface area contributed by atoms with Crippen molar-refractivity contribution in [3.63, 3.8) is 0 Å². The van der Waals surface area contributed by atoms with Gasteiger partial charge < -0.3 is 9.84 Å². The minimum absolute atomic E-state index is 0.133. The molecule has 1 atom stereocenters. The van der Waals surface area contributed by atoms with E-state index in [9.17, 15) is 5.11 Å². The van der Waals surface area contributed by atoms with Crippen molar-refractivity contribution in [3.8, 4) is 5.75 Å². The molecule has 0 amide bonds. The number of ether oxygens (including phenoxy) is 1. The molecule has 2 rings (SSSR count). The lowest BCUT2D eigenvalue weighted by molar-refractivity contribution is 0.110. The molecular weight excluding hydrogens is 260 g/mol. The lowest BCUT2D eigenvalue weighted by atomic mass is 9.77. The van der Waals surface area contributed by atoms with E-state index in [2.05, 4.69) is 0 Å². The molecule has 0 spiro atoms. The lowest BCUT2D eigenvalue weighted by Gasteiger charge is -2.37. The Morgan fingerprint density at radius 3 is 2.42 bits per heavy atom. The van der Waals surface area contributed by atoms with Gasteiger partial charge in [-0.1, -0.05) is 29.3 Å². The van der Waals surface area contributed by atoms with Gasteiger partial charge in [-0.3, -0.25) is 0 Å². The zero-order valence-electron chi connectivity index (χ0n) is 11.7. The number of hydrogen-bond donors (Lipinski definition) is 1. The van der Waals surface area contributed by atoms with Crippen molar-refractivity contribution in [1.82, 2.24) is 0 Å². The van der Waals surface area contributed by atoms with Gasteiger partial charge in [-0.05, 0) is 51.5 Å². The van der Waals surface area contributed by atoms with Gasteiger partial charge in [0.2, 0.25) is 0 Å². The molecule has 0 fully saturated rings. The molecule has 0 saturated heterocycles. The van der Waals surface area contributed by atoms with Crippen LogP contribution in [0.25, 0.3) is 0 Å². The molecule has 0 bridgehead atoms. The maximum Gasteiger partial charge on any atom is 0.143 e. The monoisotopic (exact) mass is 278 g/mol. The van der Waals surface area contributed by atoms with Crippen LogP contribution in [0.5, 0.6) is 5.75 Å². The maximum atomic E-state index is 10.1. The predicted octanol–water partition coefficient (Wildman–Crippen LogP) is 4.13. The summed E-state index contributed by atoms with van der Waals surface area (Å²) >= 11 is 6.09. The first kappa shape index (κ1) is 14.2. The number of halogens is 1. The van der Waals surface area contributed by atoms with E-state index in [4.69, 9.17) is 16.3 Å². The number of para-hydroxylation sites is 1. The summed E-state index contributed by atoms with van der Waals surface area (Å²) in [6.45, 7) is 7.62. The summed E-state index contributed by atoms with van der Waals surface area (Å²) in [7, 11) is 0. The highest BCUT2D eigenvalue weighted by Gasteiger charge is 2.37. The molecular formula is C16H19ClO2. The Balaban J connectivity index is 2.27. The van der Waals surface area contributed by atoms with Crippen LogP contribution in [0.15, 0.2) is 47.1 Å². The third-order valence-corrected chi connectivity index (χ3v) is 3.49. The molecule has 1 unspecified atom stereocenters. The quantitative estimate of drug-likeness (QED) is 0.901. The number of hydrogen-bond acceptors (Lipinski definition) is 2. The van der Waals surface area contributed by atoms with E-state index in [0.717, 1.165) is 16.7 Å². The van der Waals surface area contributed by atoms with Crippen LogP contribution in [0, 0.1) is 0 Å². The largest absolute Gasteiger partial charge is 0.480 e. The predicted molar refractivity (Wildman–Crippen MR) is 78.6 cm³/mol. The minimum Gasteiger partial charge on any atom is -0.480 e. The molecule has 3 heteroatoms. The van der Waals surface area contributed by atoms with Gasteiger partial charge in [0.15, 0.2) is 0 Å². The molecule has 0 saturated carbocycles. The van der Waals surface area contributed by atoms with Crippen LogP contribution in [0.4, 0.5) is 0 Å². The molecule has 1 aliphatic rings. The molecule has 0 radical (unpaired) electrons. The summed E-state index contributed by atoms with van der Waals surface area (Å²) in [5, 5.41) is 10.7. The maximum absolute atomic E-state index is 10.1. The highest BCUT2D eigenvalue weighted by Crippen LogP contribution is 2.40. The first-order valence-corrected chi connectivity index (χ1v) is 6.72. The zero-order chi connectivity index (χ0) is 14.2. The summed E-state index contributed by atoms with van der Waals surface area (Å²) in [5.41, 5.74) is 2.31. The normalized spacial score (nSPS) is 18.7. The van der Waals surface area contributed by atoms with E-state index in [1.165, 1.54) is 0 Å². The highest BCUT2D eigenvalue weighted by atomic mass is 35.5.